The predicted molar refractivity (Wildman–Crippen MR) is 130 cm³/mol. The first-order valence-corrected chi connectivity index (χ1v) is 11.7. The molecule has 0 radical (unpaired) electrons. The molecule has 0 fully saturated rings. The Balaban J connectivity index is 1.64. The summed E-state index contributed by atoms with van der Waals surface area (Å²) in [5.74, 6) is 2.16. The van der Waals surface area contributed by atoms with Crippen molar-refractivity contribution in [1.29, 1.82) is 0 Å². The van der Waals surface area contributed by atoms with Crippen LogP contribution in [-0.2, 0) is 0 Å². The van der Waals surface area contributed by atoms with E-state index in [0.29, 0.717) is 16.6 Å². The molecule has 160 valence electrons. The molecule has 0 amide bonds. The van der Waals surface area contributed by atoms with Gasteiger partial charge in [0.25, 0.3) is 0 Å². The monoisotopic (exact) mass is 460 g/mol. The summed E-state index contributed by atoms with van der Waals surface area (Å²) < 4.78 is 16.9. The number of benzene rings is 2. The average molecular weight is 461 g/mol. The van der Waals surface area contributed by atoms with Gasteiger partial charge >= 0.3 is 0 Å². The lowest BCUT2D eigenvalue weighted by Crippen LogP contribution is -2.02. The third kappa shape index (κ3) is 3.81. The Hall–Kier alpha value is -3.42. The fourth-order valence-electron chi connectivity index (χ4n) is 3.53. The standard InChI is InChI=1S/C25H20N2O3S2/c1-15-24(16-10-11-20(28-2)21(13-16)29-3)27-25(32-15)26-18-14-22(23-9-6-12-31-23)30-19-8-5-4-7-17(18)19/h4-14H,1-3H3/b26-18+. The van der Waals surface area contributed by atoms with E-state index in [1.165, 1.54) is 0 Å². The molecule has 0 aliphatic carbocycles. The minimum absolute atomic E-state index is 0.673. The highest BCUT2D eigenvalue weighted by atomic mass is 32.1. The van der Waals surface area contributed by atoms with Gasteiger partial charge in [-0.1, -0.05) is 29.5 Å². The summed E-state index contributed by atoms with van der Waals surface area (Å²) in [6, 6.07) is 19.8. The van der Waals surface area contributed by atoms with Crippen molar-refractivity contribution in [2.45, 2.75) is 6.92 Å². The van der Waals surface area contributed by atoms with E-state index < -0.39 is 0 Å². The van der Waals surface area contributed by atoms with Crippen LogP contribution in [0.25, 0.3) is 32.9 Å². The Morgan fingerprint density at radius 1 is 0.938 bits per heavy atom. The van der Waals surface area contributed by atoms with E-state index in [0.717, 1.165) is 43.1 Å². The van der Waals surface area contributed by atoms with Gasteiger partial charge in [-0.25, -0.2) is 9.98 Å². The highest BCUT2D eigenvalue weighted by Crippen LogP contribution is 2.36. The van der Waals surface area contributed by atoms with Crippen LogP contribution in [0.2, 0.25) is 0 Å². The molecule has 0 bridgehead atoms. The number of fused-ring (bicyclic) bond motifs is 1. The average Bonchev–Trinajstić information content (AvgIpc) is 3.48. The Labute approximate surface area is 193 Å². The summed E-state index contributed by atoms with van der Waals surface area (Å²) in [4.78, 5) is 11.9. The van der Waals surface area contributed by atoms with Crippen LogP contribution in [0.15, 0.2) is 75.5 Å². The maximum Gasteiger partial charge on any atom is 0.210 e. The van der Waals surface area contributed by atoms with Crippen molar-refractivity contribution in [2.24, 2.45) is 4.99 Å². The second-order valence-corrected chi connectivity index (χ2v) is 9.18. The van der Waals surface area contributed by atoms with Crippen molar-refractivity contribution in [3.8, 4) is 33.4 Å². The maximum atomic E-state index is 6.14. The SMILES string of the molecule is COc1ccc(-c2nc(/N=c3\cc(-c4cccs4)oc4ccccc34)sc2C)cc1OC. The van der Waals surface area contributed by atoms with E-state index in [4.69, 9.17) is 23.9 Å². The Kier molecular flexibility index (Phi) is 5.51. The van der Waals surface area contributed by atoms with Crippen LogP contribution >= 0.6 is 22.7 Å². The van der Waals surface area contributed by atoms with Crippen LogP contribution in [0.3, 0.4) is 0 Å². The number of thiophene rings is 1. The number of nitrogens with zero attached hydrogens (tertiary/aromatic N) is 2. The third-order valence-corrected chi connectivity index (χ3v) is 6.82. The molecule has 0 saturated heterocycles. The molecule has 0 atom stereocenters. The zero-order valence-electron chi connectivity index (χ0n) is 17.8. The fraction of sp³-hybridized carbons (Fsp3) is 0.120. The minimum atomic E-state index is 0.673. The molecule has 0 unspecified atom stereocenters. The van der Waals surface area contributed by atoms with Crippen molar-refractivity contribution in [1.82, 2.24) is 4.98 Å². The van der Waals surface area contributed by atoms with Crippen molar-refractivity contribution >= 4 is 38.8 Å². The van der Waals surface area contributed by atoms with Gasteiger partial charge in [-0.15, -0.1) is 11.3 Å². The summed E-state index contributed by atoms with van der Waals surface area (Å²) in [5.41, 5.74) is 2.65. The lowest BCUT2D eigenvalue weighted by atomic mass is 10.1. The summed E-state index contributed by atoms with van der Waals surface area (Å²) in [6.07, 6.45) is 0. The first-order chi connectivity index (χ1) is 15.7. The normalized spacial score (nSPS) is 11.8. The molecule has 3 heterocycles. The number of para-hydroxylation sites is 1. The van der Waals surface area contributed by atoms with E-state index in [1.807, 2.05) is 66.0 Å². The van der Waals surface area contributed by atoms with Crippen LogP contribution in [0.5, 0.6) is 11.5 Å². The number of hydrogen-bond donors (Lipinski definition) is 0. The Bertz CT molecular complexity index is 1470. The summed E-state index contributed by atoms with van der Waals surface area (Å²) in [6.45, 7) is 2.05. The first kappa shape index (κ1) is 20.5. The molecular formula is C25H20N2O3S2. The van der Waals surface area contributed by atoms with Crippen molar-refractivity contribution in [3.63, 3.8) is 0 Å². The molecule has 0 N–H and O–H groups in total. The summed E-state index contributed by atoms with van der Waals surface area (Å²) >= 11 is 3.20. The molecule has 0 aliphatic heterocycles. The molecule has 32 heavy (non-hydrogen) atoms. The van der Waals surface area contributed by atoms with E-state index >= 15 is 0 Å². The lowest BCUT2D eigenvalue weighted by Gasteiger charge is -2.08. The number of rotatable bonds is 5. The number of aryl methyl sites for hydroxylation is 1. The van der Waals surface area contributed by atoms with E-state index in [9.17, 15) is 0 Å². The molecule has 5 aromatic rings. The van der Waals surface area contributed by atoms with Crippen LogP contribution in [-0.4, -0.2) is 19.2 Å². The Morgan fingerprint density at radius 3 is 2.56 bits per heavy atom. The molecule has 0 spiro atoms. The Morgan fingerprint density at radius 2 is 1.78 bits per heavy atom. The zero-order chi connectivity index (χ0) is 22.1. The van der Waals surface area contributed by atoms with Crippen LogP contribution in [0.1, 0.15) is 4.88 Å². The second-order valence-electron chi connectivity index (χ2n) is 7.05. The molecule has 0 saturated carbocycles. The largest absolute Gasteiger partial charge is 0.493 e. The highest BCUT2D eigenvalue weighted by Gasteiger charge is 2.13. The molecule has 5 nitrogen and oxygen atoms in total. The number of thiazole rings is 1. The predicted octanol–water partition coefficient (Wildman–Crippen LogP) is 6.84. The molecule has 3 aromatic heterocycles. The molecule has 5 rings (SSSR count). The smallest absolute Gasteiger partial charge is 0.210 e. The van der Waals surface area contributed by atoms with Crippen LogP contribution < -0.4 is 14.8 Å². The van der Waals surface area contributed by atoms with Gasteiger partial charge in [0.2, 0.25) is 5.13 Å². The topological polar surface area (TPSA) is 56.9 Å². The van der Waals surface area contributed by atoms with Gasteiger partial charge in [0.05, 0.1) is 30.1 Å². The molecule has 0 aliphatic rings. The number of ether oxygens (including phenoxy) is 2. The van der Waals surface area contributed by atoms with Gasteiger partial charge in [0.1, 0.15) is 11.3 Å². The van der Waals surface area contributed by atoms with Crippen molar-refractivity contribution < 1.29 is 13.9 Å². The highest BCUT2D eigenvalue weighted by molar-refractivity contribution is 7.15. The quantitative estimate of drug-likeness (QED) is 0.288. The van der Waals surface area contributed by atoms with Gasteiger partial charge in [0.15, 0.2) is 11.5 Å². The van der Waals surface area contributed by atoms with Gasteiger partial charge in [-0.05, 0) is 48.7 Å². The van der Waals surface area contributed by atoms with Gasteiger partial charge in [-0.2, -0.15) is 0 Å². The van der Waals surface area contributed by atoms with Crippen LogP contribution in [0, 0.1) is 6.92 Å². The van der Waals surface area contributed by atoms with Gasteiger partial charge < -0.3 is 13.9 Å². The van der Waals surface area contributed by atoms with E-state index in [2.05, 4.69) is 6.92 Å². The first-order valence-electron chi connectivity index (χ1n) is 9.97. The number of aromatic nitrogens is 1. The van der Waals surface area contributed by atoms with Gasteiger partial charge in [-0.3, -0.25) is 0 Å². The van der Waals surface area contributed by atoms with Gasteiger partial charge in [0, 0.05) is 21.9 Å². The summed E-state index contributed by atoms with van der Waals surface area (Å²) in [5, 5.41) is 4.52. The minimum Gasteiger partial charge on any atom is -0.493 e. The molecule has 7 heteroatoms. The van der Waals surface area contributed by atoms with E-state index in [-0.39, 0.29) is 0 Å². The van der Waals surface area contributed by atoms with Crippen molar-refractivity contribution in [2.75, 3.05) is 14.2 Å². The van der Waals surface area contributed by atoms with Crippen LogP contribution in [0.4, 0.5) is 5.13 Å². The zero-order valence-corrected chi connectivity index (χ0v) is 19.4. The molecule has 2 aromatic carbocycles. The van der Waals surface area contributed by atoms with Crippen molar-refractivity contribution in [3.05, 3.63) is 76.3 Å². The van der Waals surface area contributed by atoms with E-state index in [1.54, 1.807) is 36.9 Å². The summed E-state index contributed by atoms with van der Waals surface area (Å²) in [7, 11) is 3.26. The third-order valence-electron chi connectivity index (χ3n) is 5.07. The number of methoxy groups -OCH3 is 2. The lowest BCUT2D eigenvalue weighted by molar-refractivity contribution is 0.355. The number of hydrogen-bond acceptors (Lipinski definition) is 7. The fourth-order valence-corrected chi connectivity index (χ4v) is 5.03. The maximum absolute atomic E-state index is 6.14. The molecular weight excluding hydrogens is 440 g/mol. The second kappa shape index (κ2) is 8.61.